The Morgan fingerprint density at radius 3 is 2.60 bits per heavy atom. The molecule has 2 atom stereocenters. The Labute approximate surface area is 93.8 Å². The van der Waals surface area contributed by atoms with Crippen molar-refractivity contribution in [2.75, 3.05) is 13.2 Å². The monoisotopic (exact) mass is 211 g/mol. The maximum Gasteiger partial charge on any atom is 0.0700 e. The molecule has 88 valence electrons. The minimum absolute atomic E-state index is 0.427. The van der Waals surface area contributed by atoms with E-state index in [9.17, 15) is 0 Å². The molecule has 2 rings (SSSR count). The predicted octanol–water partition coefficient (Wildman–Crippen LogP) is 2.72. The molecule has 0 amide bonds. The third-order valence-electron chi connectivity index (χ3n) is 4.06. The molecule has 0 bridgehead atoms. The highest BCUT2D eigenvalue weighted by molar-refractivity contribution is 4.79. The number of nitrogens with one attached hydrogen (secondary N) is 1. The summed E-state index contributed by atoms with van der Waals surface area (Å²) in [7, 11) is 0. The summed E-state index contributed by atoms with van der Waals surface area (Å²) in [5.41, 5.74) is 0. The van der Waals surface area contributed by atoms with Gasteiger partial charge in [0.05, 0.1) is 6.10 Å². The van der Waals surface area contributed by atoms with Gasteiger partial charge in [0.15, 0.2) is 0 Å². The van der Waals surface area contributed by atoms with E-state index in [0.717, 1.165) is 12.5 Å². The smallest absolute Gasteiger partial charge is 0.0700 e. The Morgan fingerprint density at radius 2 is 1.93 bits per heavy atom. The summed E-state index contributed by atoms with van der Waals surface area (Å²) in [6.45, 7) is 4.33. The first-order valence-electron chi connectivity index (χ1n) is 6.71. The molecule has 0 radical (unpaired) electrons. The second kappa shape index (κ2) is 5.86. The summed E-state index contributed by atoms with van der Waals surface area (Å²) in [5, 5.41) is 3.65. The molecule has 1 N–H and O–H groups in total. The predicted molar refractivity (Wildman–Crippen MR) is 63.0 cm³/mol. The molecule has 2 nitrogen and oxygen atoms in total. The highest BCUT2D eigenvalue weighted by Crippen LogP contribution is 2.26. The summed E-state index contributed by atoms with van der Waals surface area (Å²) in [4.78, 5) is 0. The molecule has 1 heterocycles. The minimum Gasteiger partial charge on any atom is -0.377 e. The van der Waals surface area contributed by atoms with E-state index in [1.165, 1.54) is 51.5 Å². The molecular formula is C13H25NO. The molecular weight excluding hydrogens is 186 g/mol. The van der Waals surface area contributed by atoms with E-state index in [1.807, 2.05) is 0 Å². The van der Waals surface area contributed by atoms with Gasteiger partial charge in [-0.05, 0) is 32.2 Å². The molecule has 0 spiro atoms. The number of ether oxygens (including phenoxy) is 1. The van der Waals surface area contributed by atoms with Crippen LogP contribution in [0.1, 0.15) is 51.9 Å². The van der Waals surface area contributed by atoms with E-state index in [2.05, 4.69) is 12.2 Å². The summed E-state index contributed by atoms with van der Waals surface area (Å²) in [6.07, 6.45) is 10.3. The van der Waals surface area contributed by atoms with Crippen LogP contribution in [0.5, 0.6) is 0 Å². The standard InChI is InChI=1S/C13H25NO/c1-11-13(8-10-15-11)14-9-7-12-5-3-2-4-6-12/h11-14H,2-10H2,1H3. The minimum atomic E-state index is 0.427. The lowest BCUT2D eigenvalue weighted by Crippen LogP contribution is -2.36. The van der Waals surface area contributed by atoms with Gasteiger partial charge < -0.3 is 10.1 Å². The molecule has 2 aliphatic rings. The van der Waals surface area contributed by atoms with Crippen LogP contribution in [0.3, 0.4) is 0 Å². The molecule has 15 heavy (non-hydrogen) atoms. The van der Waals surface area contributed by atoms with Crippen molar-refractivity contribution in [1.82, 2.24) is 5.32 Å². The lowest BCUT2D eigenvalue weighted by Gasteiger charge is -2.23. The van der Waals surface area contributed by atoms with Crippen LogP contribution >= 0.6 is 0 Å². The van der Waals surface area contributed by atoms with Gasteiger partial charge in [0, 0.05) is 12.6 Å². The molecule has 2 fully saturated rings. The fourth-order valence-corrected chi connectivity index (χ4v) is 2.95. The normalized spacial score (nSPS) is 33.4. The molecule has 1 aliphatic heterocycles. The van der Waals surface area contributed by atoms with Crippen molar-refractivity contribution in [3.05, 3.63) is 0 Å². The van der Waals surface area contributed by atoms with Gasteiger partial charge in [0.1, 0.15) is 0 Å². The highest BCUT2D eigenvalue weighted by Gasteiger charge is 2.23. The lowest BCUT2D eigenvalue weighted by molar-refractivity contribution is 0.113. The van der Waals surface area contributed by atoms with Crippen molar-refractivity contribution in [2.45, 2.75) is 64.0 Å². The van der Waals surface area contributed by atoms with E-state index in [-0.39, 0.29) is 0 Å². The van der Waals surface area contributed by atoms with Crippen molar-refractivity contribution < 1.29 is 4.74 Å². The summed E-state index contributed by atoms with van der Waals surface area (Å²) >= 11 is 0. The van der Waals surface area contributed by atoms with E-state index in [1.54, 1.807) is 0 Å². The van der Waals surface area contributed by atoms with Crippen LogP contribution < -0.4 is 5.32 Å². The average molecular weight is 211 g/mol. The number of rotatable bonds is 4. The second-order valence-electron chi connectivity index (χ2n) is 5.22. The van der Waals surface area contributed by atoms with Gasteiger partial charge in [-0.15, -0.1) is 0 Å². The maximum absolute atomic E-state index is 5.55. The largest absolute Gasteiger partial charge is 0.377 e. The van der Waals surface area contributed by atoms with E-state index >= 15 is 0 Å². The zero-order valence-electron chi connectivity index (χ0n) is 10.0. The first kappa shape index (κ1) is 11.4. The first-order valence-corrected chi connectivity index (χ1v) is 6.71. The zero-order chi connectivity index (χ0) is 10.5. The Balaban J connectivity index is 1.57. The van der Waals surface area contributed by atoms with Crippen LogP contribution in [0.2, 0.25) is 0 Å². The molecule has 2 heteroatoms. The van der Waals surface area contributed by atoms with Crippen LogP contribution in [0.4, 0.5) is 0 Å². The Morgan fingerprint density at radius 1 is 1.13 bits per heavy atom. The molecule has 1 saturated heterocycles. The molecule has 0 aromatic heterocycles. The van der Waals surface area contributed by atoms with Gasteiger partial charge in [0.25, 0.3) is 0 Å². The van der Waals surface area contributed by atoms with Gasteiger partial charge in [0.2, 0.25) is 0 Å². The Bertz CT molecular complexity index is 177. The van der Waals surface area contributed by atoms with Crippen molar-refractivity contribution >= 4 is 0 Å². The lowest BCUT2D eigenvalue weighted by atomic mass is 9.87. The molecule has 1 saturated carbocycles. The molecule has 0 aromatic carbocycles. The van der Waals surface area contributed by atoms with Crippen molar-refractivity contribution in [3.63, 3.8) is 0 Å². The fraction of sp³-hybridized carbons (Fsp3) is 1.00. The topological polar surface area (TPSA) is 21.3 Å². The zero-order valence-corrected chi connectivity index (χ0v) is 10.0. The third kappa shape index (κ3) is 3.46. The SMILES string of the molecule is CC1OCCC1NCCC1CCCCC1. The second-order valence-corrected chi connectivity index (χ2v) is 5.22. The number of hydrogen-bond donors (Lipinski definition) is 1. The van der Waals surface area contributed by atoms with E-state index in [4.69, 9.17) is 4.74 Å². The van der Waals surface area contributed by atoms with Gasteiger partial charge in [-0.25, -0.2) is 0 Å². The average Bonchev–Trinajstić information content (AvgIpc) is 2.66. The quantitative estimate of drug-likeness (QED) is 0.772. The van der Waals surface area contributed by atoms with Gasteiger partial charge >= 0.3 is 0 Å². The molecule has 1 aliphatic carbocycles. The van der Waals surface area contributed by atoms with Gasteiger partial charge in [-0.3, -0.25) is 0 Å². The fourth-order valence-electron chi connectivity index (χ4n) is 2.95. The van der Waals surface area contributed by atoms with E-state index < -0.39 is 0 Å². The van der Waals surface area contributed by atoms with Crippen LogP contribution in [0, 0.1) is 5.92 Å². The summed E-state index contributed by atoms with van der Waals surface area (Å²) < 4.78 is 5.55. The van der Waals surface area contributed by atoms with Crippen molar-refractivity contribution in [3.8, 4) is 0 Å². The highest BCUT2D eigenvalue weighted by atomic mass is 16.5. The van der Waals surface area contributed by atoms with Crippen molar-refractivity contribution in [1.29, 1.82) is 0 Å². The Kier molecular flexibility index (Phi) is 4.45. The number of hydrogen-bond acceptors (Lipinski definition) is 2. The maximum atomic E-state index is 5.55. The van der Waals surface area contributed by atoms with E-state index in [0.29, 0.717) is 12.1 Å². The van der Waals surface area contributed by atoms with Crippen LogP contribution in [-0.2, 0) is 4.74 Å². The molecule has 0 aromatic rings. The molecule has 2 unspecified atom stereocenters. The van der Waals surface area contributed by atoms with Crippen LogP contribution in [-0.4, -0.2) is 25.3 Å². The Hall–Kier alpha value is -0.0800. The van der Waals surface area contributed by atoms with Gasteiger partial charge in [-0.2, -0.15) is 0 Å². The van der Waals surface area contributed by atoms with Crippen LogP contribution in [0.25, 0.3) is 0 Å². The first-order chi connectivity index (χ1) is 7.36. The third-order valence-corrected chi connectivity index (χ3v) is 4.06. The summed E-state index contributed by atoms with van der Waals surface area (Å²) in [5.74, 6) is 1.00. The van der Waals surface area contributed by atoms with Crippen molar-refractivity contribution in [2.24, 2.45) is 5.92 Å². The summed E-state index contributed by atoms with van der Waals surface area (Å²) in [6, 6.07) is 0.619. The van der Waals surface area contributed by atoms with Crippen LogP contribution in [0.15, 0.2) is 0 Å². The van der Waals surface area contributed by atoms with Gasteiger partial charge in [-0.1, -0.05) is 32.1 Å².